The topological polar surface area (TPSA) is 55.8 Å². The predicted molar refractivity (Wildman–Crippen MR) is 83.0 cm³/mol. The summed E-state index contributed by atoms with van der Waals surface area (Å²) < 4.78 is 11.9. The Labute approximate surface area is 131 Å². The van der Waals surface area contributed by atoms with Gasteiger partial charge in [0.15, 0.2) is 0 Å². The van der Waals surface area contributed by atoms with Crippen molar-refractivity contribution in [3.8, 4) is 11.5 Å². The van der Waals surface area contributed by atoms with Crippen LogP contribution in [-0.2, 0) is 6.61 Å². The molecule has 0 bridgehead atoms. The van der Waals surface area contributed by atoms with Crippen molar-refractivity contribution in [2.45, 2.75) is 13.5 Å². The summed E-state index contributed by atoms with van der Waals surface area (Å²) in [6, 6.07) is 12.2. The molecule has 0 aliphatic carbocycles. The number of rotatable bonds is 6. The molecule has 0 heterocycles. The van der Waals surface area contributed by atoms with E-state index < -0.39 is 5.97 Å². The number of aromatic carboxylic acids is 1. The quantitative estimate of drug-likeness (QED) is 0.850. The lowest BCUT2D eigenvalue weighted by Gasteiger charge is -2.10. The fourth-order valence-corrected chi connectivity index (χ4v) is 2.28. The van der Waals surface area contributed by atoms with Crippen molar-refractivity contribution in [2.24, 2.45) is 0 Å². The Balaban J connectivity index is 2.06. The van der Waals surface area contributed by atoms with Gasteiger partial charge in [0.05, 0.1) is 16.6 Å². The fraction of sp³-hybridized carbons (Fsp3) is 0.188. The molecule has 0 aromatic heterocycles. The van der Waals surface area contributed by atoms with E-state index in [0.29, 0.717) is 19.0 Å². The summed E-state index contributed by atoms with van der Waals surface area (Å²) >= 11 is 3.43. The molecular formula is C16H15BrO4. The minimum Gasteiger partial charge on any atom is -0.494 e. The van der Waals surface area contributed by atoms with Gasteiger partial charge in [-0.25, -0.2) is 4.79 Å². The zero-order valence-corrected chi connectivity index (χ0v) is 13.1. The molecule has 0 fully saturated rings. The van der Waals surface area contributed by atoms with E-state index in [1.54, 1.807) is 18.2 Å². The molecule has 5 heteroatoms. The summed E-state index contributed by atoms with van der Waals surface area (Å²) in [7, 11) is 0. The highest BCUT2D eigenvalue weighted by molar-refractivity contribution is 9.10. The summed E-state index contributed by atoms with van der Waals surface area (Å²) in [6.45, 7) is 2.83. The van der Waals surface area contributed by atoms with Crippen molar-refractivity contribution >= 4 is 21.9 Å². The van der Waals surface area contributed by atoms with Gasteiger partial charge in [-0.3, -0.25) is 0 Å². The molecule has 0 aliphatic heterocycles. The molecule has 0 unspecified atom stereocenters. The molecule has 0 saturated heterocycles. The van der Waals surface area contributed by atoms with E-state index in [9.17, 15) is 4.79 Å². The van der Waals surface area contributed by atoms with E-state index in [2.05, 4.69) is 15.9 Å². The van der Waals surface area contributed by atoms with Crippen LogP contribution in [0.4, 0.5) is 0 Å². The van der Waals surface area contributed by atoms with E-state index in [1.165, 1.54) is 0 Å². The summed E-state index contributed by atoms with van der Waals surface area (Å²) in [5, 5.41) is 8.96. The first-order chi connectivity index (χ1) is 10.1. The second kappa shape index (κ2) is 7.13. The molecule has 2 rings (SSSR count). The second-order valence-electron chi connectivity index (χ2n) is 4.32. The van der Waals surface area contributed by atoms with Crippen molar-refractivity contribution in [1.29, 1.82) is 0 Å². The standard InChI is InChI=1S/C16H15BrO4/c1-2-20-13-6-7-15(14(17)9-13)21-10-11-4-3-5-12(8-11)16(18)19/h3-9H,2,10H2,1H3,(H,18,19). The lowest BCUT2D eigenvalue weighted by molar-refractivity contribution is 0.0696. The Morgan fingerprint density at radius 2 is 2.00 bits per heavy atom. The summed E-state index contributed by atoms with van der Waals surface area (Å²) in [5.41, 5.74) is 1.05. The van der Waals surface area contributed by atoms with Gasteiger partial charge < -0.3 is 14.6 Å². The van der Waals surface area contributed by atoms with Crippen LogP contribution in [0.3, 0.4) is 0 Å². The van der Waals surface area contributed by atoms with E-state index in [0.717, 1.165) is 15.8 Å². The van der Waals surface area contributed by atoms with E-state index in [-0.39, 0.29) is 5.56 Å². The van der Waals surface area contributed by atoms with Gasteiger partial charge in [0.25, 0.3) is 0 Å². The third-order valence-corrected chi connectivity index (χ3v) is 3.40. The molecule has 0 amide bonds. The number of benzene rings is 2. The number of hydrogen-bond donors (Lipinski definition) is 1. The third-order valence-electron chi connectivity index (χ3n) is 2.78. The van der Waals surface area contributed by atoms with Crippen molar-refractivity contribution in [3.63, 3.8) is 0 Å². The van der Waals surface area contributed by atoms with Gasteiger partial charge >= 0.3 is 5.97 Å². The zero-order valence-electron chi connectivity index (χ0n) is 11.5. The van der Waals surface area contributed by atoms with Gasteiger partial charge in [-0.1, -0.05) is 12.1 Å². The van der Waals surface area contributed by atoms with Gasteiger partial charge in [-0.15, -0.1) is 0 Å². The van der Waals surface area contributed by atoms with Gasteiger partial charge in [0.2, 0.25) is 0 Å². The van der Waals surface area contributed by atoms with Crippen LogP contribution >= 0.6 is 15.9 Å². The zero-order chi connectivity index (χ0) is 15.2. The third kappa shape index (κ3) is 4.23. The van der Waals surface area contributed by atoms with Crippen molar-refractivity contribution in [3.05, 3.63) is 58.1 Å². The van der Waals surface area contributed by atoms with Gasteiger partial charge in [-0.2, -0.15) is 0 Å². The molecule has 1 N–H and O–H groups in total. The molecule has 4 nitrogen and oxygen atoms in total. The van der Waals surface area contributed by atoms with Crippen molar-refractivity contribution in [2.75, 3.05) is 6.61 Å². The largest absolute Gasteiger partial charge is 0.494 e. The van der Waals surface area contributed by atoms with Gasteiger partial charge in [0, 0.05) is 0 Å². The number of ether oxygens (including phenoxy) is 2. The predicted octanol–water partition coefficient (Wildman–Crippen LogP) is 4.13. The van der Waals surface area contributed by atoms with Crippen LogP contribution in [0.5, 0.6) is 11.5 Å². The van der Waals surface area contributed by atoms with Crippen LogP contribution in [0.15, 0.2) is 46.9 Å². The maximum absolute atomic E-state index is 10.9. The average Bonchev–Trinajstić information content (AvgIpc) is 2.47. The van der Waals surface area contributed by atoms with Crippen LogP contribution in [0.1, 0.15) is 22.8 Å². The molecule has 0 saturated carbocycles. The van der Waals surface area contributed by atoms with Crippen LogP contribution < -0.4 is 9.47 Å². The number of hydrogen-bond acceptors (Lipinski definition) is 3. The Bertz CT molecular complexity index is 640. The molecule has 0 spiro atoms. The first-order valence-electron chi connectivity index (χ1n) is 6.47. The molecule has 21 heavy (non-hydrogen) atoms. The van der Waals surface area contributed by atoms with E-state index >= 15 is 0 Å². The highest BCUT2D eigenvalue weighted by atomic mass is 79.9. The number of halogens is 1. The van der Waals surface area contributed by atoms with Crippen LogP contribution in [0.25, 0.3) is 0 Å². The molecule has 2 aromatic rings. The number of carboxylic acids is 1. The van der Waals surface area contributed by atoms with E-state index in [4.69, 9.17) is 14.6 Å². The fourth-order valence-electron chi connectivity index (χ4n) is 1.81. The van der Waals surface area contributed by atoms with Gasteiger partial charge in [-0.05, 0) is 58.7 Å². The van der Waals surface area contributed by atoms with Crippen molar-refractivity contribution in [1.82, 2.24) is 0 Å². The molecule has 0 atom stereocenters. The monoisotopic (exact) mass is 350 g/mol. The van der Waals surface area contributed by atoms with Crippen LogP contribution in [-0.4, -0.2) is 17.7 Å². The highest BCUT2D eigenvalue weighted by Gasteiger charge is 2.06. The average molecular weight is 351 g/mol. The molecule has 0 radical (unpaired) electrons. The molecule has 2 aromatic carbocycles. The van der Waals surface area contributed by atoms with Crippen molar-refractivity contribution < 1.29 is 19.4 Å². The Morgan fingerprint density at radius 1 is 1.19 bits per heavy atom. The van der Waals surface area contributed by atoms with Crippen LogP contribution in [0, 0.1) is 0 Å². The smallest absolute Gasteiger partial charge is 0.335 e. The number of carbonyl (C=O) groups is 1. The van der Waals surface area contributed by atoms with E-state index in [1.807, 2.05) is 31.2 Å². The molecule has 0 aliphatic rings. The lowest BCUT2D eigenvalue weighted by Crippen LogP contribution is -2.00. The number of carboxylic acid groups (broad SMARTS) is 1. The maximum Gasteiger partial charge on any atom is 0.335 e. The molecule has 110 valence electrons. The van der Waals surface area contributed by atoms with Crippen LogP contribution in [0.2, 0.25) is 0 Å². The highest BCUT2D eigenvalue weighted by Crippen LogP contribution is 2.29. The summed E-state index contributed by atoms with van der Waals surface area (Å²) in [5.74, 6) is 0.503. The minimum atomic E-state index is -0.945. The first kappa shape index (κ1) is 15.4. The lowest BCUT2D eigenvalue weighted by atomic mass is 10.1. The minimum absolute atomic E-state index is 0.252. The van der Waals surface area contributed by atoms with Gasteiger partial charge in [0.1, 0.15) is 18.1 Å². The normalized spacial score (nSPS) is 10.2. The maximum atomic E-state index is 10.9. The summed E-state index contributed by atoms with van der Waals surface area (Å²) in [4.78, 5) is 10.9. The Kier molecular flexibility index (Phi) is 5.22. The second-order valence-corrected chi connectivity index (χ2v) is 5.17. The first-order valence-corrected chi connectivity index (χ1v) is 7.27. The SMILES string of the molecule is CCOc1ccc(OCc2cccc(C(=O)O)c2)c(Br)c1. The Morgan fingerprint density at radius 3 is 2.67 bits per heavy atom. The summed E-state index contributed by atoms with van der Waals surface area (Å²) in [6.07, 6.45) is 0. The molecular weight excluding hydrogens is 336 g/mol. The Hall–Kier alpha value is -2.01.